The summed E-state index contributed by atoms with van der Waals surface area (Å²) in [5.74, 6) is -0.769. The zero-order valence-corrected chi connectivity index (χ0v) is 18.5. The molecule has 0 saturated heterocycles. The van der Waals surface area contributed by atoms with Gasteiger partial charge in [0.1, 0.15) is 17.3 Å². The van der Waals surface area contributed by atoms with E-state index in [0.717, 1.165) is 12.3 Å². The van der Waals surface area contributed by atoms with E-state index >= 15 is 0 Å². The van der Waals surface area contributed by atoms with E-state index in [1.165, 1.54) is 43.5 Å². The molecule has 0 spiro atoms. The highest BCUT2D eigenvalue weighted by Gasteiger charge is 2.33. The lowest BCUT2D eigenvalue weighted by Crippen LogP contribution is -2.43. The number of nitrogens with two attached hydrogens (primary N) is 1. The van der Waals surface area contributed by atoms with Crippen LogP contribution in [0.4, 0.5) is 13.2 Å². The zero-order chi connectivity index (χ0) is 24.1. The highest BCUT2D eigenvalue weighted by atomic mass is 32.2. The zero-order valence-electron chi connectivity index (χ0n) is 17.7. The third-order valence-corrected chi connectivity index (χ3v) is 6.70. The van der Waals surface area contributed by atoms with Gasteiger partial charge in [0.05, 0.1) is 27.9 Å². The molecule has 3 aromatic rings. The number of carbonyl (C=O) groups is 1. The standard InChI is InChI=1S/C20H21F3N4O4S/c1-5-32(29,30)15-8-11(31-19(2,3)18(24)28)6-7-12(15)17-26-13-9-16(20(21,22)23)25-10-14(13)27(17)4/h6-10H,5H2,1-4H3,(H2,24,28). The Bertz CT molecular complexity index is 1310. The van der Waals surface area contributed by atoms with Gasteiger partial charge in [-0.25, -0.2) is 18.4 Å². The van der Waals surface area contributed by atoms with Crippen molar-refractivity contribution in [1.29, 1.82) is 0 Å². The summed E-state index contributed by atoms with van der Waals surface area (Å²) in [4.78, 5) is 19.1. The number of primary amides is 1. The van der Waals surface area contributed by atoms with Crippen molar-refractivity contribution < 1.29 is 31.1 Å². The fourth-order valence-electron chi connectivity index (χ4n) is 2.99. The molecule has 0 saturated carbocycles. The van der Waals surface area contributed by atoms with Crippen LogP contribution in [0.5, 0.6) is 5.75 Å². The van der Waals surface area contributed by atoms with Gasteiger partial charge in [-0.3, -0.25) is 4.79 Å². The maximum atomic E-state index is 13.0. The third kappa shape index (κ3) is 4.27. The van der Waals surface area contributed by atoms with Crippen molar-refractivity contribution in [3.05, 3.63) is 36.2 Å². The first-order valence-electron chi connectivity index (χ1n) is 9.43. The fraction of sp³-hybridized carbons (Fsp3) is 0.350. The van der Waals surface area contributed by atoms with Crippen LogP contribution in [0, 0.1) is 0 Å². The van der Waals surface area contributed by atoms with E-state index in [1.807, 2.05) is 0 Å². The molecule has 12 heteroatoms. The van der Waals surface area contributed by atoms with Crippen molar-refractivity contribution in [2.45, 2.75) is 37.4 Å². The van der Waals surface area contributed by atoms with Gasteiger partial charge < -0.3 is 15.0 Å². The lowest BCUT2D eigenvalue weighted by atomic mass is 10.1. The maximum Gasteiger partial charge on any atom is 0.433 e. The van der Waals surface area contributed by atoms with Gasteiger partial charge in [0.15, 0.2) is 15.4 Å². The average Bonchev–Trinajstić information content (AvgIpc) is 3.03. The van der Waals surface area contributed by atoms with Gasteiger partial charge in [0.2, 0.25) is 0 Å². The number of imidazole rings is 1. The van der Waals surface area contributed by atoms with Crippen LogP contribution < -0.4 is 10.5 Å². The number of benzene rings is 1. The van der Waals surface area contributed by atoms with Crippen LogP contribution in [0.3, 0.4) is 0 Å². The van der Waals surface area contributed by atoms with Crippen LogP contribution in [-0.4, -0.2) is 40.2 Å². The summed E-state index contributed by atoms with van der Waals surface area (Å²) in [5, 5.41) is 0. The topological polar surface area (TPSA) is 117 Å². The van der Waals surface area contributed by atoms with Crippen molar-refractivity contribution in [2.24, 2.45) is 12.8 Å². The number of hydrogen-bond acceptors (Lipinski definition) is 6. The van der Waals surface area contributed by atoms with Gasteiger partial charge in [-0.15, -0.1) is 0 Å². The van der Waals surface area contributed by atoms with E-state index in [4.69, 9.17) is 10.5 Å². The van der Waals surface area contributed by atoms with Crippen LogP contribution in [0.15, 0.2) is 35.4 Å². The minimum absolute atomic E-state index is 0.0138. The molecule has 2 heterocycles. The first-order chi connectivity index (χ1) is 14.7. The number of hydrogen-bond donors (Lipinski definition) is 1. The molecule has 2 N–H and O–H groups in total. The molecule has 0 bridgehead atoms. The molecule has 1 aromatic carbocycles. The Kier molecular flexibility index (Phi) is 5.71. The van der Waals surface area contributed by atoms with E-state index in [9.17, 15) is 26.4 Å². The van der Waals surface area contributed by atoms with E-state index in [-0.39, 0.29) is 33.3 Å². The Labute approximate surface area is 182 Å². The van der Waals surface area contributed by atoms with Gasteiger partial charge in [0, 0.05) is 12.6 Å². The molecule has 0 aliphatic heterocycles. The molecule has 2 aromatic heterocycles. The monoisotopic (exact) mass is 470 g/mol. The maximum absolute atomic E-state index is 13.0. The number of carbonyl (C=O) groups excluding carboxylic acids is 1. The second-order valence-corrected chi connectivity index (χ2v) is 9.84. The van der Waals surface area contributed by atoms with Crippen LogP contribution >= 0.6 is 0 Å². The highest BCUT2D eigenvalue weighted by Crippen LogP contribution is 2.35. The van der Waals surface area contributed by atoms with Gasteiger partial charge >= 0.3 is 6.18 Å². The molecule has 8 nitrogen and oxygen atoms in total. The second kappa shape index (κ2) is 7.76. The Morgan fingerprint density at radius 3 is 2.44 bits per heavy atom. The number of pyridine rings is 1. The van der Waals surface area contributed by atoms with E-state index in [2.05, 4.69) is 9.97 Å². The van der Waals surface area contributed by atoms with Crippen LogP contribution in [0.25, 0.3) is 22.4 Å². The number of sulfone groups is 1. The second-order valence-electron chi connectivity index (χ2n) is 7.59. The minimum atomic E-state index is -4.64. The number of alkyl halides is 3. The lowest BCUT2D eigenvalue weighted by molar-refractivity contribution is -0.141. The number of nitrogens with zero attached hydrogens (tertiary/aromatic N) is 3. The number of aryl methyl sites for hydroxylation is 1. The van der Waals surface area contributed by atoms with Gasteiger partial charge in [0.25, 0.3) is 5.91 Å². The van der Waals surface area contributed by atoms with Crippen molar-refractivity contribution in [3.8, 4) is 17.1 Å². The van der Waals surface area contributed by atoms with Crippen LogP contribution in [0.2, 0.25) is 0 Å². The molecule has 3 rings (SSSR count). The number of ether oxygens (including phenoxy) is 1. The number of aromatic nitrogens is 3. The number of amides is 1. The largest absolute Gasteiger partial charge is 0.478 e. The smallest absolute Gasteiger partial charge is 0.433 e. The van der Waals surface area contributed by atoms with Crippen LogP contribution in [-0.2, 0) is 27.9 Å². The molecule has 1 amide bonds. The normalized spacial score (nSPS) is 12.8. The number of fused-ring (bicyclic) bond motifs is 1. The summed E-state index contributed by atoms with van der Waals surface area (Å²) in [6.07, 6.45) is -3.61. The molecular formula is C20H21F3N4O4S. The molecule has 0 unspecified atom stereocenters. The minimum Gasteiger partial charge on any atom is -0.478 e. The number of rotatable bonds is 6. The highest BCUT2D eigenvalue weighted by molar-refractivity contribution is 7.91. The number of halogens is 3. The van der Waals surface area contributed by atoms with Gasteiger partial charge in [-0.2, -0.15) is 13.2 Å². The molecule has 32 heavy (non-hydrogen) atoms. The SMILES string of the molecule is CCS(=O)(=O)c1cc(OC(C)(C)C(N)=O)ccc1-c1nc2cc(C(F)(F)F)ncc2n1C. The molecule has 0 fully saturated rings. The first-order valence-corrected chi connectivity index (χ1v) is 11.1. The molecule has 0 aliphatic carbocycles. The average molecular weight is 470 g/mol. The summed E-state index contributed by atoms with van der Waals surface area (Å²) in [6.45, 7) is 4.33. The van der Waals surface area contributed by atoms with Gasteiger partial charge in [-0.05, 0) is 38.1 Å². The van der Waals surface area contributed by atoms with E-state index < -0.39 is 33.2 Å². The molecule has 0 atom stereocenters. The Morgan fingerprint density at radius 2 is 1.88 bits per heavy atom. The van der Waals surface area contributed by atoms with Crippen molar-refractivity contribution in [1.82, 2.24) is 14.5 Å². The summed E-state index contributed by atoms with van der Waals surface area (Å²) in [6, 6.07) is 4.92. The summed E-state index contributed by atoms with van der Waals surface area (Å²) in [5.41, 5.74) is 3.29. The fourth-order valence-corrected chi connectivity index (χ4v) is 4.09. The van der Waals surface area contributed by atoms with Gasteiger partial charge in [-0.1, -0.05) is 6.92 Å². The van der Waals surface area contributed by atoms with Crippen molar-refractivity contribution in [2.75, 3.05) is 5.75 Å². The quantitative estimate of drug-likeness (QED) is 0.592. The lowest BCUT2D eigenvalue weighted by Gasteiger charge is -2.23. The Morgan fingerprint density at radius 1 is 1.22 bits per heavy atom. The Balaban J connectivity index is 2.22. The van der Waals surface area contributed by atoms with Crippen LogP contribution in [0.1, 0.15) is 26.5 Å². The predicted octanol–water partition coefficient (Wildman–Crippen LogP) is 3.09. The van der Waals surface area contributed by atoms with Crippen molar-refractivity contribution in [3.63, 3.8) is 0 Å². The summed E-state index contributed by atoms with van der Waals surface area (Å²) >= 11 is 0. The third-order valence-electron chi connectivity index (χ3n) is 4.93. The summed E-state index contributed by atoms with van der Waals surface area (Å²) in [7, 11) is -2.26. The molecular weight excluding hydrogens is 449 g/mol. The molecule has 172 valence electrons. The molecule has 0 aliphatic rings. The Hall–Kier alpha value is -3.15. The van der Waals surface area contributed by atoms with E-state index in [0.29, 0.717) is 5.52 Å². The molecule has 0 radical (unpaired) electrons. The first kappa shape index (κ1) is 23.5. The summed E-state index contributed by atoms with van der Waals surface area (Å²) < 4.78 is 71.7. The van der Waals surface area contributed by atoms with E-state index in [1.54, 1.807) is 7.05 Å². The predicted molar refractivity (Wildman–Crippen MR) is 111 cm³/mol. The van der Waals surface area contributed by atoms with Crippen molar-refractivity contribution >= 4 is 26.8 Å².